The number of carbonyl (C=O) groups is 6. The summed E-state index contributed by atoms with van der Waals surface area (Å²) < 4.78 is 21.9. The quantitative estimate of drug-likeness (QED) is 0.0574. The van der Waals surface area contributed by atoms with Crippen LogP contribution < -0.4 is 10.6 Å². The van der Waals surface area contributed by atoms with E-state index in [1.165, 1.54) is 0 Å². The Balaban J connectivity index is 0.000000216. The second-order valence-corrected chi connectivity index (χ2v) is 20.1. The van der Waals surface area contributed by atoms with Crippen LogP contribution in [-0.4, -0.2) is 107 Å². The number of fused-ring (bicyclic) bond motifs is 2. The Hall–Kier alpha value is -6.38. The molecule has 4 aromatic rings. The molecule has 0 unspecified atom stereocenters. The molecule has 14 heteroatoms. The zero-order valence-electron chi connectivity index (χ0n) is 43.6. The number of aryl methyl sites for hydroxylation is 2. The van der Waals surface area contributed by atoms with E-state index in [2.05, 4.69) is 10.6 Å². The van der Waals surface area contributed by atoms with Crippen molar-refractivity contribution in [2.24, 2.45) is 11.8 Å². The molecule has 10 atom stereocenters. The van der Waals surface area contributed by atoms with E-state index in [1.807, 2.05) is 121 Å². The summed E-state index contributed by atoms with van der Waals surface area (Å²) in [6.07, 6.45) is 9.55. The summed E-state index contributed by atoms with van der Waals surface area (Å²) in [6, 6.07) is 35.3. The third kappa shape index (κ3) is 14.9. The number of likely N-dealkylation sites (tertiary alicyclic amines) is 2. The molecule has 4 aliphatic rings. The second kappa shape index (κ2) is 27.8. The topological polar surface area (TPSA) is 170 Å². The highest BCUT2D eigenvalue weighted by Gasteiger charge is 2.51. The van der Waals surface area contributed by atoms with Gasteiger partial charge in [0.2, 0.25) is 11.8 Å². The van der Waals surface area contributed by atoms with E-state index in [4.69, 9.17) is 18.9 Å². The maximum atomic E-state index is 13.8. The van der Waals surface area contributed by atoms with E-state index in [-0.39, 0.29) is 74.2 Å². The van der Waals surface area contributed by atoms with E-state index in [0.29, 0.717) is 50.4 Å². The standard InChI is InChI=1S/2C30H38N2O5/c2*1-3-36-29(34)25(18-17-22-11-6-4-7-12-22)31-21(2)28(33)32-26-16-10-15-24(26)19-27(32)30(35)37-20-23-13-8-5-9-14-23/h2*4-9,11-14,21,24-27,31H,3,10,15-20H2,1-2H3/t21-,24+,25-,26+,27+;21-,24-,25-,26-,27-/m00/s1. The van der Waals surface area contributed by atoms with Gasteiger partial charge < -0.3 is 28.7 Å². The smallest absolute Gasteiger partial charge is 0.329 e. The number of ether oxygens (including phenoxy) is 4. The average molecular weight is 1010 g/mol. The summed E-state index contributed by atoms with van der Waals surface area (Å²) in [6.45, 7) is 8.01. The van der Waals surface area contributed by atoms with Crippen LogP contribution in [0.2, 0.25) is 0 Å². The summed E-state index contributed by atoms with van der Waals surface area (Å²) in [5.74, 6) is -1.15. The summed E-state index contributed by atoms with van der Waals surface area (Å²) >= 11 is 0. The Morgan fingerprint density at radius 1 is 0.486 bits per heavy atom. The molecule has 0 spiro atoms. The first-order valence-corrected chi connectivity index (χ1v) is 26.9. The normalized spacial score (nSPS) is 22.2. The Kier molecular flexibility index (Phi) is 20.8. The highest BCUT2D eigenvalue weighted by molar-refractivity contribution is 5.90. The van der Waals surface area contributed by atoms with E-state index >= 15 is 0 Å². The summed E-state index contributed by atoms with van der Waals surface area (Å²) in [7, 11) is 0. The number of carbonyl (C=O) groups excluding carboxylic acids is 6. The Morgan fingerprint density at radius 3 is 1.16 bits per heavy atom. The number of nitrogens with one attached hydrogen (secondary N) is 2. The van der Waals surface area contributed by atoms with Crippen LogP contribution in [0.3, 0.4) is 0 Å². The van der Waals surface area contributed by atoms with E-state index < -0.39 is 36.3 Å². The first kappa shape index (κ1) is 55.4. The molecule has 8 rings (SSSR count). The van der Waals surface area contributed by atoms with Gasteiger partial charge in [-0.3, -0.25) is 29.8 Å². The first-order chi connectivity index (χ1) is 35.9. The maximum Gasteiger partial charge on any atom is 0.329 e. The lowest BCUT2D eigenvalue weighted by atomic mass is 10.0. The largest absolute Gasteiger partial charge is 0.465 e. The number of hydrogen-bond acceptors (Lipinski definition) is 12. The van der Waals surface area contributed by atoms with Gasteiger partial charge in [-0.2, -0.15) is 0 Å². The lowest BCUT2D eigenvalue weighted by molar-refractivity contribution is -0.156. The van der Waals surface area contributed by atoms with Crippen LogP contribution >= 0.6 is 0 Å². The van der Waals surface area contributed by atoms with E-state index in [1.54, 1.807) is 37.5 Å². The van der Waals surface area contributed by atoms with Crippen LogP contribution in [0.5, 0.6) is 0 Å². The van der Waals surface area contributed by atoms with Crippen molar-refractivity contribution in [3.8, 4) is 0 Å². The number of rotatable bonds is 22. The van der Waals surface area contributed by atoms with Crippen molar-refractivity contribution in [3.05, 3.63) is 144 Å². The number of nitrogens with zero attached hydrogens (tertiary/aromatic N) is 2. The molecular formula is C60H76N4O10. The van der Waals surface area contributed by atoms with Gasteiger partial charge in [0.15, 0.2) is 0 Å². The van der Waals surface area contributed by atoms with Gasteiger partial charge >= 0.3 is 23.9 Å². The van der Waals surface area contributed by atoms with E-state index in [9.17, 15) is 28.8 Å². The van der Waals surface area contributed by atoms with Gasteiger partial charge in [0.05, 0.1) is 25.3 Å². The van der Waals surface area contributed by atoms with Gasteiger partial charge in [-0.25, -0.2) is 9.59 Å². The molecule has 4 aromatic carbocycles. The van der Waals surface area contributed by atoms with Crippen molar-refractivity contribution in [1.29, 1.82) is 0 Å². The fourth-order valence-electron chi connectivity index (χ4n) is 11.4. The van der Waals surface area contributed by atoms with Gasteiger partial charge in [0, 0.05) is 12.1 Å². The molecule has 74 heavy (non-hydrogen) atoms. The molecule has 2 aliphatic heterocycles. The number of amides is 2. The molecule has 2 saturated heterocycles. The average Bonchev–Trinajstić information content (AvgIpc) is 4.24. The van der Waals surface area contributed by atoms with Crippen molar-refractivity contribution >= 4 is 35.7 Å². The van der Waals surface area contributed by atoms with Crippen LogP contribution in [0.15, 0.2) is 121 Å². The first-order valence-electron chi connectivity index (χ1n) is 26.9. The molecule has 396 valence electrons. The van der Waals surface area contributed by atoms with Crippen molar-refractivity contribution in [1.82, 2.24) is 20.4 Å². The lowest BCUT2D eigenvalue weighted by Gasteiger charge is -2.32. The highest BCUT2D eigenvalue weighted by atomic mass is 16.5. The van der Waals surface area contributed by atoms with Crippen LogP contribution in [0, 0.1) is 11.8 Å². The molecular weight excluding hydrogens is 937 g/mol. The molecule has 0 radical (unpaired) electrons. The molecule has 2 saturated carbocycles. The van der Waals surface area contributed by atoms with Gasteiger partial charge in [-0.1, -0.05) is 134 Å². The van der Waals surface area contributed by atoms with Crippen molar-refractivity contribution < 1.29 is 47.7 Å². The highest BCUT2D eigenvalue weighted by Crippen LogP contribution is 2.43. The van der Waals surface area contributed by atoms with Gasteiger partial charge in [-0.15, -0.1) is 0 Å². The van der Waals surface area contributed by atoms with Gasteiger partial charge in [-0.05, 0) is 126 Å². The Labute approximate surface area is 437 Å². The molecule has 0 bridgehead atoms. The fraction of sp³-hybridized carbons (Fsp3) is 0.500. The number of esters is 4. The molecule has 4 fully saturated rings. The van der Waals surface area contributed by atoms with Crippen LogP contribution in [-0.2, 0) is 73.8 Å². The molecule has 2 heterocycles. The molecule has 2 aliphatic carbocycles. The van der Waals surface area contributed by atoms with Crippen molar-refractivity contribution in [2.45, 2.75) is 166 Å². The minimum absolute atomic E-state index is 0.0383. The van der Waals surface area contributed by atoms with Crippen LogP contribution in [0.25, 0.3) is 0 Å². The van der Waals surface area contributed by atoms with E-state index in [0.717, 1.165) is 60.8 Å². The SMILES string of the molecule is CCOC(=O)[C@H](CCc1ccccc1)N[C@@H](C)C(=O)N1[C@@H](C(=O)OCc2ccccc2)C[C@H]2CCC[C@H]21.CCOC(=O)[C@H](CCc1ccccc1)N[C@@H](C)C(=O)N1[C@H](C(=O)OCc2ccccc2)C[C@@H]2CCC[C@@H]21. The Bertz CT molecular complexity index is 2260. The minimum atomic E-state index is -0.644. The number of hydrogen-bond donors (Lipinski definition) is 2. The maximum absolute atomic E-state index is 13.8. The monoisotopic (exact) mass is 1010 g/mol. The number of benzene rings is 4. The molecule has 0 aromatic heterocycles. The van der Waals surface area contributed by atoms with Gasteiger partial charge in [0.25, 0.3) is 0 Å². The minimum Gasteiger partial charge on any atom is -0.465 e. The third-order valence-corrected chi connectivity index (χ3v) is 15.1. The predicted octanol–water partition coefficient (Wildman–Crippen LogP) is 8.08. The molecule has 2 N–H and O–H groups in total. The van der Waals surface area contributed by atoms with Crippen molar-refractivity contribution in [3.63, 3.8) is 0 Å². The zero-order valence-corrected chi connectivity index (χ0v) is 43.6. The van der Waals surface area contributed by atoms with Crippen molar-refractivity contribution in [2.75, 3.05) is 13.2 Å². The predicted molar refractivity (Wildman–Crippen MR) is 281 cm³/mol. The fourth-order valence-corrected chi connectivity index (χ4v) is 11.4. The van der Waals surface area contributed by atoms with Crippen LogP contribution in [0.4, 0.5) is 0 Å². The summed E-state index contributed by atoms with van der Waals surface area (Å²) in [5, 5.41) is 6.46. The third-order valence-electron chi connectivity index (χ3n) is 15.1. The second-order valence-electron chi connectivity index (χ2n) is 20.1. The van der Waals surface area contributed by atoms with Crippen LogP contribution in [0.1, 0.15) is 114 Å². The van der Waals surface area contributed by atoms with Gasteiger partial charge in [0.1, 0.15) is 37.4 Å². The summed E-state index contributed by atoms with van der Waals surface area (Å²) in [4.78, 5) is 82.8. The molecule has 2 amide bonds. The summed E-state index contributed by atoms with van der Waals surface area (Å²) in [5.41, 5.74) is 4.06. The lowest BCUT2D eigenvalue weighted by Crippen LogP contribution is -2.55. The Morgan fingerprint density at radius 2 is 0.824 bits per heavy atom. The molecule has 14 nitrogen and oxygen atoms in total. The zero-order chi connectivity index (χ0) is 52.4.